The lowest BCUT2D eigenvalue weighted by Crippen LogP contribution is -2.11. The van der Waals surface area contributed by atoms with E-state index in [0.29, 0.717) is 23.7 Å². The third-order valence-corrected chi connectivity index (χ3v) is 2.14. The summed E-state index contributed by atoms with van der Waals surface area (Å²) in [6.45, 7) is 2.15. The minimum absolute atomic E-state index is 0.244. The van der Waals surface area contributed by atoms with E-state index in [2.05, 4.69) is 6.07 Å². The van der Waals surface area contributed by atoms with Gasteiger partial charge in [0.2, 0.25) is 6.79 Å². The van der Waals surface area contributed by atoms with Gasteiger partial charge in [-0.1, -0.05) is 6.92 Å². The van der Waals surface area contributed by atoms with Gasteiger partial charge in [-0.3, -0.25) is 0 Å². The number of fused-ring (bicyclic) bond motifs is 1. The fourth-order valence-electron chi connectivity index (χ4n) is 1.32. The summed E-state index contributed by atoms with van der Waals surface area (Å²) in [7, 11) is 0. The second-order valence-corrected chi connectivity index (χ2v) is 3.16. The molecule has 0 fully saturated rings. The van der Waals surface area contributed by atoms with Crippen LogP contribution in [0, 0.1) is 11.3 Å². The SMILES string of the molecule is CCC(C#N)Oc1ccc2c(c1)OCO2. The van der Waals surface area contributed by atoms with Gasteiger partial charge in [-0.25, -0.2) is 0 Å². The Kier molecular flexibility index (Phi) is 2.64. The van der Waals surface area contributed by atoms with Crippen molar-refractivity contribution in [2.75, 3.05) is 6.79 Å². The van der Waals surface area contributed by atoms with Crippen LogP contribution in [0.25, 0.3) is 0 Å². The van der Waals surface area contributed by atoms with Crippen LogP contribution in [0.5, 0.6) is 17.2 Å². The molecule has 0 radical (unpaired) electrons. The van der Waals surface area contributed by atoms with E-state index in [1.54, 1.807) is 18.2 Å². The lowest BCUT2D eigenvalue weighted by molar-refractivity contribution is 0.173. The van der Waals surface area contributed by atoms with Gasteiger partial charge in [0.05, 0.1) is 0 Å². The molecule has 4 nitrogen and oxygen atoms in total. The lowest BCUT2D eigenvalue weighted by Gasteiger charge is -2.10. The van der Waals surface area contributed by atoms with Crippen LogP contribution in [0.1, 0.15) is 13.3 Å². The van der Waals surface area contributed by atoms with E-state index >= 15 is 0 Å². The Morgan fingerprint density at radius 1 is 1.47 bits per heavy atom. The molecule has 0 saturated heterocycles. The van der Waals surface area contributed by atoms with Crippen LogP contribution in [-0.4, -0.2) is 12.9 Å². The molecule has 1 aliphatic rings. The highest BCUT2D eigenvalue weighted by molar-refractivity contribution is 5.47. The van der Waals surface area contributed by atoms with Gasteiger partial charge in [-0.15, -0.1) is 0 Å². The van der Waals surface area contributed by atoms with Crippen molar-refractivity contribution in [2.45, 2.75) is 19.4 Å². The zero-order chi connectivity index (χ0) is 10.7. The van der Waals surface area contributed by atoms with Crippen molar-refractivity contribution < 1.29 is 14.2 Å². The van der Waals surface area contributed by atoms with E-state index in [4.69, 9.17) is 19.5 Å². The third kappa shape index (κ3) is 1.96. The highest BCUT2D eigenvalue weighted by atomic mass is 16.7. The Bertz CT molecular complexity index is 397. The maximum atomic E-state index is 8.75. The number of nitrogens with zero attached hydrogens (tertiary/aromatic N) is 1. The molecule has 1 aromatic carbocycles. The Morgan fingerprint density at radius 3 is 3.00 bits per heavy atom. The monoisotopic (exact) mass is 205 g/mol. The van der Waals surface area contributed by atoms with Crippen molar-refractivity contribution in [3.05, 3.63) is 18.2 Å². The number of ether oxygens (including phenoxy) is 3. The van der Waals surface area contributed by atoms with E-state index in [1.165, 1.54) is 0 Å². The molecule has 1 aromatic rings. The van der Waals surface area contributed by atoms with E-state index in [-0.39, 0.29) is 6.79 Å². The molecular formula is C11H11NO3. The topological polar surface area (TPSA) is 51.5 Å². The summed E-state index contributed by atoms with van der Waals surface area (Å²) >= 11 is 0. The number of nitriles is 1. The van der Waals surface area contributed by atoms with Crippen LogP contribution in [0.2, 0.25) is 0 Å². The van der Waals surface area contributed by atoms with Crippen molar-refractivity contribution >= 4 is 0 Å². The van der Waals surface area contributed by atoms with E-state index in [1.807, 2.05) is 6.92 Å². The van der Waals surface area contributed by atoms with E-state index in [0.717, 1.165) is 0 Å². The summed E-state index contributed by atoms with van der Waals surface area (Å²) in [6.07, 6.45) is 0.246. The van der Waals surface area contributed by atoms with Crippen LogP contribution in [0.15, 0.2) is 18.2 Å². The van der Waals surface area contributed by atoms with Crippen molar-refractivity contribution in [2.24, 2.45) is 0 Å². The Balaban J connectivity index is 2.13. The molecule has 0 saturated carbocycles. The molecule has 1 atom stereocenters. The number of hydrogen-bond acceptors (Lipinski definition) is 4. The first-order valence-corrected chi connectivity index (χ1v) is 4.79. The summed E-state index contributed by atoms with van der Waals surface area (Å²) in [5.41, 5.74) is 0. The maximum absolute atomic E-state index is 8.75. The highest BCUT2D eigenvalue weighted by Crippen LogP contribution is 2.35. The van der Waals surface area contributed by atoms with Gasteiger partial charge in [0.25, 0.3) is 0 Å². The predicted octanol–water partition coefficient (Wildman–Crippen LogP) is 2.10. The first-order valence-electron chi connectivity index (χ1n) is 4.79. The minimum Gasteiger partial charge on any atom is -0.475 e. The molecule has 2 rings (SSSR count). The zero-order valence-electron chi connectivity index (χ0n) is 8.40. The molecule has 78 valence electrons. The molecule has 0 aliphatic carbocycles. The zero-order valence-corrected chi connectivity index (χ0v) is 8.40. The Hall–Kier alpha value is -1.89. The van der Waals surface area contributed by atoms with Gasteiger partial charge >= 0.3 is 0 Å². The molecule has 15 heavy (non-hydrogen) atoms. The van der Waals surface area contributed by atoms with Crippen molar-refractivity contribution in [3.63, 3.8) is 0 Å². The van der Waals surface area contributed by atoms with Gasteiger partial charge in [-0.05, 0) is 18.6 Å². The Morgan fingerprint density at radius 2 is 2.27 bits per heavy atom. The number of rotatable bonds is 3. The lowest BCUT2D eigenvalue weighted by atomic mass is 10.3. The normalized spacial score (nSPS) is 14.4. The average Bonchev–Trinajstić information content (AvgIpc) is 2.73. The molecule has 0 bridgehead atoms. The second kappa shape index (κ2) is 4.09. The second-order valence-electron chi connectivity index (χ2n) is 3.16. The predicted molar refractivity (Wildman–Crippen MR) is 52.9 cm³/mol. The van der Waals surface area contributed by atoms with Crippen molar-refractivity contribution in [1.29, 1.82) is 5.26 Å². The average molecular weight is 205 g/mol. The molecular weight excluding hydrogens is 194 g/mol. The highest BCUT2D eigenvalue weighted by Gasteiger charge is 2.15. The van der Waals surface area contributed by atoms with E-state index < -0.39 is 6.10 Å². The van der Waals surface area contributed by atoms with Crippen LogP contribution in [-0.2, 0) is 0 Å². The molecule has 0 amide bonds. The fraction of sp³-hybridized carbons (Fsp3) is 0.364. The van der Waals surface area contributed by atoms with Crippen LogP contribution in [0.4, 0.5) is 0 Å². The molecule has 0 spiro atoms. The first-order chi connectivity index (χ1) is 7.33. The van der Waals surface area contributed by atoms with Gasteiger partial charge in [-0.2, -0.15) is 5.26 Å². The smallest absolute Gasteiger partial charge is 0.231 e. The summed E-state index contributed by atoms with van der Waals surface area (Å²) in [5, 5.41) is 8.75. The van der Waals surface area contributed by atoms with Gasteiger partial charge in [0, 0.05) is 6.07 Å². The molecule has 1 aliphatic heterocycles. The quantitative estimate of drug-likeness (QED) is 0.758. The van der Waals surface area contributed by atoms with Crippen LogP contribution in [0.3, 0.4) is 0 Å². The van der Waals surface area contributed by atoms with Gasteiger partial charge < -0.3 is 14.2 Å². The number of hydrogen-bond donors (Lipinski definition) is 0. The summed E-state index contributed by atoms with van der Waals surface area (Å²) in [4.78, 5) is 0. The largest absolute Gasteiger partial charge is 0.475 e. The van der Waals surface area contributed by atoms with Crippen LogP contribution < -0.4 is 14.2 Å². The van der Waals surface area contributed by atoms with Gasteiger partial charge in [0.1, 0.15) is 11.8 Å². The first kappa shape index (κ1) is 9.66. The molecule has 1 heterocycles. The van der Waals surface area contributed by atoms with Crippen molar-refractivity contribution in [1.82, 2.24) is 0 Å². The summed E-state index contributed by atoms with van der Waals surface area (Å²) in [5.74, 6) is 2.01. The molecule has 4 heteroatoms. The molecule has 0 N–H and O–H groups in total. The Labute approximate surface area is 88.0 Å². The molecule has 0 aromatic heterocycles. The van der Waals surface area contributed by atoms with Crippen LogP contribution >= 0.6 is 0 Å². The van der Waals surface area contributed by atoms with Crippen molar-refractivity contribution in [3.8, 4) is 23.3 Å². The van der Waals surface area contributed by atoms with Gasteiger partial charge in [0.15, 0.2) is 17.6 Å². The summed E-state index contributed by atoms with van der Waals surface area (Å²) < 4.78 is 15.8. The summed E-state index contributed by atoms with van der Waals surface area (Å²) in [6, 6.07) is 7.36. The minimum atomic E-state index is -0.412. The third-order valence-electron chi connectivity index (χ3n) is 2.14. The van der Waals surface area contributed by atoms with E-state index in [9.17, 15) is 0 Å². The fourth-order valence-corrected chi connectivity index (χ4v) is 1.32. The molecule has 1 unspecified atom stereocenters. The number of benzene rings is 1. The standard InChI is InChI=1S/C11H11NO3/c1-2-8(6-12)15-9-3-4-10-11(5-9)14-7-13-10/h3-5,8H,2,7H2,1H3. The maximum Gasteiger partial charge on any atom is 0.231 e.